The molecule has 1 aromatic rings. The molecular weight excluding hydrogens is 202 g/mol. The number of benzene rings is 1. The number of rotatable bonds is 5. The molecule has 0 bridgehead atoms. The number of phenolic OH excluding ortho intramolecular Hbond substituents is 1. The van der Waals surface area contributed by atoms with Gasteiger partial charge in [-0.25, -0.2) is 0 Å². The van der Waals surface area contributed by atoms with Crippen molar-refractivity contribution < 1.29 is 9.90 Å². The third-order valence-corrected chi connectivity index (χ3v) is 2.49. The number of aromatic hydroxyl groups is 1. The molecule has 88 valence electrons. The summed E-state index contributed by atoms with van der Waals surface area (Å²) < 4.78 is 0. The van der Waals surface area contributed by atoms with Crippen molar-refractivity contribution in [2.24, 2.45) is 0 Å². The number of hydrogen-bond acceptors (Lipinski definition) is 2. The number of unbranched alkanes of at least 4 members (excludes halogenated alkanes) is 2. The first-order valence-electron chi connectivity index (χ1n) is 5.73. The molecule has 0 atom stereocenters. The van der Waals surface area contributed by atoms with Gasteiger partial charge in [-0.1, -0.05) is 19.8 Å². The van der Waals surface area contributed by atoms with Gasteiger partial charge in [0.1, 0.15) is 5.75 Å². The van der Waals surface area contributed by atoms with Crippen molar-refractivity contribution >= 4 is 11.6 Å². The molecular formula is C13H19NO2. The Morgan fingerprint density at radius 3 is 2.75 bits per heavy atom. The summed E-state index contributed by atoms with van der Waals surface area (Å²) in [5.74, 6) is 0.267. The van der Waals surface area contributed by atoms with Gasteiger partial charge >= 0.3 is 0 Å². The van der Waals surface area contributed by atoms with E-state index in [1.54, 1.807) is 18.2 Å². The van der Waals surface area contributed by atoms with E-state index in [0.717, 1.165) is 30.5 Å². The molecule has 1 aromatic carbocycles. The van der Waals surface area contributed by atoms with Crippen LogP contribution in [0.25, 0.3) is 0 Å². The van der Waals surface area contributed by atoms with Gasteiger partial charge in [0.15, 0.2) is 0 Å². The van der Waals surface area contributed by atoms with Crippen molar-refractivity contribution in [1.82, 2.24) is 0 Å². The monoisotopic (exact) mass is 221 g/mol. The summed E-state index contributed by atoms with van der Waals surface area (Å²) in [4.78, 5) is 11.6. The van der Waals surface area contributed by atoms with Gasteiger partial charge in [0.05, 0.1) is 0 Å². The van der Waals surface area contributed by atoms with Gasteiger partial charge in [-0.2, -0.15) is 0 Å². The van der Waals surface area contributed by atoms with E-state index in [0.29, 0.717) is 6.42 Å². The average Bonchev–Trinajstić information content (AvgIpc) is 2.23. The van der Waals surface area contributed by atoms with Gasteiger partial charge in [0.2, 0.25) is 5.91 Å². The fourth-order valence-electron chi connectivity index (χ4n) is 1.54. The first-order chi connectivity index (χ1) is 7.63. The average molecular weight is 221 g/mol. The zero-order valence-corrected chi connectivity index (χ0v) is 9.92. The lowest BCUT2D eigenvalue weighted by Gasteiger charge is -2.08. The van der Waals surface area contributed by atoms with E-state index in [-0.39, 0.29) is 11.7 Å². The molecule has 1 rings (SSSR count). The molecule has 0 heterocycles. The first-order valence-corrected chi connectivity index (χ1v) is 5.73. The van der Waals surface area contributed by atoms with E-state index in [9.17, 15) is 9.90 Å². The third-order valence-electron chi connectivity index (χ3n) is 2.49. The summed E-state index contributed by atoms with van der Waals surface area (Å²) in [7, 11) is 0. The summed E-state index contributed by atoms with van der Waals surface area (Å²) in [5, 5.41) is 12.1. The molecule has 0 saturated heterocycles. The highest BCUT2D eigenvalue weighted by atomic mass is 16.3. The number of amides is 1. The van der Waals surface area contributed by atoms with Crippen LogP contribution in [0.4, 0.5) is 5.69 Å². The zero-order valence-electron chi connectivity index (χ0n) is 9.92. The Bertz CT molecular complexity index is 361. The van der Waals surface area contributed by atoms with Crippen molar-refractivity contribution in [2.45, 2.75) is 39.5 Å². The van der Waals surface area contributed by atoms with Gasteiger partial charge in [0.25, 0.3) is 0 Å². The fraction of sp³-hybridized carbons (Fsp3) is 0.462. The maximum atomic E-state index is 11.6. The molecule has 0 aliphatic carbocycles. The molecule has 0 aliphatic rings. The van der Waals surface area contributed by atoms with Gasteiger partial charge in [-0.3, -0.25) is 4.79 Å². The largest absolute Gasteiger partial charge is 0.508 e. The second-order valence-corrected chi connectivity index (χ2v) is 4.00. The highest BCUT2D eigenvalue weighted by molar-refractivity contribution is 5.91. The first kappa shape index (κ1) is 12.6. The van der Waals surface area contributed by atoms with Crippen LogP contribution in [0.2, 0.25) is 0 Å². The van der Waals surface area contributed by atoms with Crippen molar-refractivity contribution in [1.29, 1.82) is 0 Å². The predicted octanol–water partition coefficient (Wildman–Crippen LogP) is 3.22. The number of phenols is 1. The van der Waals surface area contributed by atoms with Crippen LogP contribution in [0.1, 0.15) is 38.2 Å². The van der Waals surface area contributed by atoms with Gasteiger partial charge in [0, 0.05) is 12.1 Å². The number of nitrogens with one attached hydrogen (secondary N) is 1. The van der Waals surface area contributed by atoms with Crippen molar-refractivity contribution in [2.75, 3.05) is 5.32 Å². The molecule has 0 aromatic heterocycles. The summed E-state index contributed by atoms with van der Waals surface area (Å²) in [6.07, 6.45) is 3.70. The summed E-state index contributed by atoms with van der Waals surface area (Å²) >= 11 is 0. The van der Waals surface area contributed by atoms with Crippen LogP contribution in [0, 0.1) is 6.92 Å². The van der Waals surface area contributed by atoms with E-state index in [2.05, 4.69) is 12.2 Å². The second-order valence-electron chi connectivity index (χ2n) is 4.00. The fourth-order valence-corrected chi connectivity index (χ4v) is 1.54. The highest BCUT2D eigenvalue weighted by Gasteiger charge is 2.04. The Balaban J connectivity index is 2.49. The van der Waals surface area contributed by atoms with Gasteiger partial charge in [-0.05, 0) is 37.1 Å². The highest BCUT2D eigenvalue weighted by Crippen LogP contribution is 2.20. The van der Waals surface area contributed by atoms with E-state index < -0.39 is 0 Å². The molecule has 0 radical (unpaired) electrons. The Morgan fingerprint density at radius 1 is 1.38 bits per heavy atom. The smallest absolute Gasteiger partial charge is 0.224 e. The summed E-state index contributed by atoms with van der Waals surface area (Å²) in [6.45, 7) is 3.98. The van der Waals surface area contributed by atoms with Gasteiger partial charge < -0.3 is 10.4 Å². The zero-order chi connectivity index (χ0) is 12.0. The molecule has 0 spiro atoms. The molecule has 3 heteroatoms. The normalized spacial score (nSPS) is 10.1. The Hall–Kier alpha value is -1.51. The molecule has 0 saturated carbocycles. The maximum Gasteiger partial charge on any atom is 0.224 e. The number of carbonyl (C=O) groups is 1. The lowest BCUT2D eigenvalue weighted by atomic mass is 10.1. The van der Waals surface area contributed by atoms with Crippen LogP contribution in [-0.4, -0.2) is 11.0 Å². The van der Waals surface area contributed by atoms with Gasteiger partial charge in [-0.15, -0.1) is 0 Å². The minimum atomic E-state index is 0.0437. The molecule has 3 nitrogen and oxygen atoms in total. The SMILES string of the molecule is CCCCCC(=O)Nc1ccc(O)cc1C. The number of carbonyl (C=O) groups excluding carboxylic acids is 1. The summed E-state index contributed by atoms with van der Waals surface area (Å²) in [6, 6.07) is 4.94. The molecule has 0 fully saturated rings. The molecule has 0 aliphatic heterocycles. The Kier molecular flexibility index (Phi) is 4.83. The topological polar surface area (TPSA) is 49.3 Å². The number of aryl methyl sites for hydroxylation is 1. The van der Waals surface area contributed by atoms with Crippen molar-refractivity contribution in [3.8, 4) is 5.75 Å². The summed E-state index contributed by atoms with van der Waals surface area (Å²) in [5.41, 5.74) is 1.66. The van der Waals surface area contributed by atoms with E-state index in [1.807, 2.05) is 6.92 Å². The lowest BCUT2D eigenvalue weighted by Crippen LogP contribution is -2.11. The molecule has 0 unspecified atom stereocenters. The van der Waals surface area contributed by atoms with E-state index >= 15 is 0 Å². The second kappa shape index (κ2) is 6.16. The molecule has 1 amide bonds. The lowest BCUT2D eigenvalue weighted by molar-refractivity contribution is -0.116. The van der Waals surface area contributed by atoms with Crippen molar-refractivity contribution in [3.05, 3.63) is 23.8 Å². The standard InChI is InChI=1S/C13H19NO2/c1-3-4-5-6-13(16)14-12-8-7-11(15)9-10(12)2/h7-9,15H,3-6H2,1-2H3,(H,14,16). The van der Waals surface area contributed by atoms with Crippen LogP contribution in [-0.2, 0) is 4.79 Å². The maximum absolute atomic E-state index is 11.6. The van der Waals surface area contributed by atoms with Crippen LogP contribution in [0.3, 0.4) is 0 Å². The Labute approximate surface area is 96.5 Å². The minimum Gasteiger partial charge on any atom is -0.508 e. The van der Waals surface area contributed by atoms with Crippen LogP contribution in [0.5, 0.6) is 5.75 Å². The van der Waals surface area contributed by atoms with Crippen LogP contribution < -0.4 is 5.32 Å². The van der Waals surface area contributed by atoms with Crippen molar-refractivity contribution in [3.63, 3.8) is 0 Å². The number of hydrogen-bond donors (Lipinski definition) is 2. The minimum absolute atomic E-state index is 0.0437. The quantitative estimate of drug-likeness (QED) is 0.592. The van der Waals surface area contributed by atoms with E-state index in [1.165, 1.54) is 0 Å². The van der Waals surface area contributed by atoms with E-state index in [4.69, 9.17) is 0 Å². The molecule has 2 N–H and O–H groups in total. The predicted molar refractivity (Wildman–Crippen MR) is 65.6 cm³/mol. The Morgan fingerprint density at radius 2 is 2.12 bits per heavy atom. The van der Waals surface area contributed by atoms with Crippen LogP contribution in [0.15, 0.2) is 18.2 Å². The molecule has 16 heavy (non-hydrogen) atoms. The van der Waals surface area contributed by atoms with Crippen LogP contribution >= 0.6 is 0 Å². The third kappa shape index (κ3) is 3.93. The number of anilines is 1.